The van der Waals surface area contributed by atoms with Crippen LogP contribution in [0.2, 0.25) is 0 Å². The van der Waals surface area contributed by atoms with Gasteiger partial charge in [0.05, 0.1) is 16.7 Å². The summed E-state index contributed by atoms with van der Waals surface area (Å²) in [6.07, 6.45) is 3.74. The molecule has 0 aliphatic rings. The number of nitrogens with zero attached hydrogens (tertiary/aromatic N) is 6. The molecular formula is C50H34N6. The summed E-state index contributed by atoms with van der Waals surface area (Å²) in [6, 6.07) is 54.5. The molecule has 0 saturated carbocycles. The van der Waals surface area contributed by atoms with E-state index in [0.29, 0.717) is 17.5 Å². The minimum atomic E-state index is 0.606. The lowest BCUT2D eigenvalue weighted by atomic mass is 9.97. The lowest BCUT2D eigenvalue weighted by molar-refractivity contribution is 1.07. The van der Waals surface area contributed by atoms with Crippen molar-refractivity contribution in [1.82, 2.24) is 29.9 Å². The molecule has 0 atom stereocenters. The van der Waals surface area contributed by atoms with Crippen molar-refractivity contribution in [3.05, 3.63) is 181 Å². The summed E-state index contributed by atoms with van der Waals surface area (Å²) in [4.78, 5) is 29.6. The van der Waals surface area contributed by atoms with E-state index in [1.165, 1.54) is 5.56 Å². The van der Waals surface area contributed by atoms with Gasteiger partial charge in [-0.2, -0.15) is 0 Å². The first-order chi connectivity index (χ1) is 27.5. The third-order valence-corrected chi connectivity index (χ3v) is 10.4. The zero-order valence-corrected chi connectivity index (χ0v) is 30.8. The van der Waals surface area contributed by atoms with Gasteiger partial charge in [0.25, 0.3) is 0 Å². The van der Waals surface area contributed by atoms with Crippen LogP contribution in [0.15, 0.2) is 170 Å². The Bertz CT molecular complexity index is 3110. The molecule has 4 aromatic heterocycles. The fraction of sp³-hybridized carbons (Fsp3) is 0.0400. The SMILES string of the molecule is Cc1ccc2ccc3c(C)cc(-c4cccc(-c5cccc(-c6nc(-c7ccccc7)nc(-c7cccc(-c8cccc9cnccc89)c7)n6)c5)c4)nc3c2n1. The second-order valence-corrected chi connectivity index (χ2v) is 14.1. The van der Waals surface area contributed by atoms with Crippen molar-refractivity contribution in [3.63, 3.8) is 0 Å². The molecule has 10 rings (SSSR count). The molecule has 0 amide bonds. The molecule has 0 saturated heterocycles. The number of pyridine rings is 3. The minimum absolute atomic E-state index is 0.606. The Hall–Kier alpha value is -7.44. The topological polar surface area (TPSA) is 77.3 Å². The summed E-state index contributed by atoms with van der Waals surface area (Å²) in [6.45, 7) is 4.17. The number of hydrogen-bond donors (Lipinski definition) is 0. The largest absolute Gasteiger partial charge is 0.264 e. The van der Waals surface area contributed by atoms with E-state index in [2.05, 4.69) is 133 Å². The maximum Gasteiger partial charge on any atom is 0.164 e. The van der Waals surface area contributed by atoms with Crippen LogP contribution >= 0.6 is 0 Å². The van der Waals surface area contributed by atoms with E-state index in [1.807, 2.05) is 55.7 Å². The van der Waals surface area contributed by atoms with Crippen molar-refractivity contribution in [2.24, 2.45) is 0 Å². The van der Waals surface area contributed by atoms with Gasteiger partial charge in [0, 0.05) is 56.5 Å². The second kappa shape index (κ2) is 13.8. The van der Waals surface area contributed by atoms with Gasteiger partial charge < -0.3 is 0 Å². The van der Waals surface area contributed by atoms with E-state index in [1.54, 1.807) is 0 Å². The third-order valence-electron chi connectivity index (χ3n) is 10.4. The lowest BCUT2D eigenvalue weighted by Gasteiger charge is -2.12. The van der Waals surface area contributed by atoms with Crippen LogP contribution < -0.4 is 0 Å². The van der Waals surface area contributed by atoms with E-state index < -0.39 is 0 Å². The zero-order chi connectivity index (χ0) is 37.6. The highest BCUT2D eigenvalue weighted by atomic mass is 15.0. The van der Waals surface area contributed by atoms with Gasteiger partial charge in [-0.25, -0.2) is 19.9 Å². The normalized spacial score (nSPS) is 11.4. The maximum atomic E-state index is 5.20. The first kappa shape index (κ1) is 33.2. The van der Waals surface area contributed by atoms with Crippen LogP contribution in [0.4, 0.5) is 0 Å². The van der Waals surface area contributed by atoms with E-state index >= 15 is 0 Å². The molecule has 6 aromatic carbocycles. The van der Waals surface area contributed by atoms with Gasteiger partial charge in [0.2, 0.25) is 0 Å². The number of rotatable bonds is 6. The molecule has 0 unspecified atom stereocenters. The molecule has 4 heterocycles. The molecule has 0 spiro atoms. The summed E-state index contributed by atoms with van der Waals surface area (Å²) >= 11 is 0. The highest BCUT2D eigenvalue weighted by Crippen LogP contribution is 2.34. The maximum absolute atomic E-state index is 5.20. The molecule has 0 N–H and O–H groups in total. The molecule has 0 aliphatic heterocycles. The zero-order valence-electron chi connectivity index (χ0n) is 30.8. The van der Waals surface area contributed by atoms with Gasteiger partial charge in [-0.3, -0.25) is 9.97 Å². The highest BCUT2D eigenvalue weighted by molar-refractivity contribution is 6.05. The third kappa shape index (κ3) is 6.13. The minimum Gasteiger partial charge on any atom is -0.264 e. The Morgan fingerprint density at radius 1 is 0.375 bits per heavy atom. The molecule has 6 nitrogen and oxygen atoms in total. The quantitative estimate of drug-likeness (QED) is 0.159. The summed E-state index contributed by atoms with van der Waals surface area (Å²) in [5, 5.41) is 4.45. The Labute approximate surface area is 324 Å². The highest BCUT2D eigenvalue weighted by Gasteiger charge is 2.15. The summed E-state index contributed by atoms with van der Waals surface area (Å²) < 4.78 is 0. The predicted molar refractivity (Wildman–Crippen MR) is 228 cm³/mol. The number of aryl methyl sites for hydroxylation is 2. The van der Waals surface area contributed by atoms with Crippen LogP contribution in [-0.2, 0) is 0 Å². The second-order valence-electron chi connectivity index (χ2n) is 14.1. The first-order valence-corrected chi connectivity index (χ1v) is 18.7. The van der Waals surface area contributed by atoms with E-state index in [4.69, 9.17) is 24.9 Å². The van der Waals surface area contributed by atoms with Crippen LogP contribution in [0.5, 0.6) is 0 Å². The standard InChI is InChI=1S/C50H34N6/c1-31-26-45(53-47-42(31)23-22-33-21-20-32(2)52-46(33)47)38-15-6-12-35(27-38)36-13-7-16-39(28-36)49-54-48(34-10-4-3-5-11-34)55-50(56-49)40-17-8-14-37(29-40)43-19-9-18-41-30-51-25-24-44(41)43/h3-30H,1-2H3. The van der Waals surface area contributed by atoms with Crippen LogP contribution in [0.1, 0.15) is 11.3 Å². The number of benzene rings is 6. The molecule has 0 fully saturated rings. The van der Waals surface area contributed by atoms with Crippen LogP contribution in [-0.4, -0.2) is 29.9 Å². The van der Waals surface area contributed by atoms with Crippen molar-refractivity contribution in [1.29, 1.82) is 0 Å². The molecule has 0 aliphatic carbocycles. The number of aromatic nitrogens is 6. The van der Waals surface area contributed by atoms with E-state index in [9.17, 15) is 0 Å². The van der Waals surface area contributed by atoms with Gasteiger partial charge in [-0.05, 0) is 83.4 Å². The van der Waals surface area contributed by atoms with Crippen molar-refractivity contribution in [3.8, 4) is 67.7 Å². The Morgan fingerprint density at radius 2 is 0.982 bits per heavy atom. The van der Waals surface area contributed by atoms with Gasteiger partial charge >= 0.3 is 0 Å². The Morgan fingerprint density at radius 3 is 1.75 bits per heavy atom. The van der Waals surface area contributed by atoms with Crippen LogP contribution in [0.25, 0.3) is 100 Å². The Balaban J connectivity index is 1.06. The van der Waals surface area contributed by atoms with Crippen LogP contribution in [0, 0.1) is 13.8 Å². The van der Waals surface area contributed by atoms with Crippen LogP contribution in [0.3, 0.4) is 0 Å². The smallest absolute Gasteiger partial charge is 0.164 e. The van der Waals surface area contributed by atoms with Gasteiger partial charge in [0.1, 0.15) is 0 Å². The fourth-order valence-corrected chi connectivity index (χ4v) is 7.53. The number of fused-ring (bicyclic) bond motifs is 4. The molecule has 10 aromatic rings. The monoisotopic (exact) mass is 718 g/mol. The molecular weight excluding hydrogens is 685 g/mol. The van der Waals surface area contributed by atoms with Crippen molar-refractivity contribution >= 4 is 32.6 Å². The molecule has 0 bridgehead atoms. The molecule has 6 heteroatoms. The predicted octanol–water partition coefficient (Wildman–Crippen LogP) is 12.1. The van der Waals surface area contributed by atoms with E-state index in [-0.39, 0.29) is 0 Å². The molecule has 0 radical (unpaired) electrons. The first-order valence-electron chi connectivity index (χ1n) is 18.7. The lowest BCUT2D eigenvalue weighted by Crippen LogP contribution is -2.00. The summed E-state index contributed by atoms with van der Waals surface area (Å²) in [5.74, 6) is 1.84. The average molecular weight is 719 g/mol. The van der Waals surface area contributed by atoms with Gasteiger partial charge in [-0.1, -0.05) is 121 Å². The average Bonchev–Trinajstić information content (AvgIpc) is 3.26. The number of hydrogen-bond acceptors (Lipinski definition) is 6. The van der Waals surface area contributed by atoms with Crippen molar-refractivity contribution < 1.29 is 0 Å². The van der Waals surface area contributed by atoms with E-state index in [0.717, 1.165) is 88.5 Å². The van der Waals surface area contributed by atoms with Crippen molar-refractivity contribution in [2.75, 3.05) is 0 Å². The van der Waals surface area contributed by atoms with Crippen molar-refractivity contribution in [2.45, 2.75) is 13.8 Å². The molecule has 264 valence electrons. The Kier molecular flexibility index (Phi) is 8.15. The fourth-order valence-electron chi connectivity index (χ4n) is 7.53. The van der Waals surface area contributed by atoms with Gasteiger partial charge in [-0.15, -0.1) is 0 Å². The summed E-state index contributed by atoms with van der Waals surface area (Å²) in [5.41, 5.74) is 13.0. The molecule has 56 heavy (non-hydrogen) atoms. The van der Waals surface area contributed by atoms with Gasteiger partial charge in [0.15, 0.2) is 17.5 Å². The summed E-state index contributed by atoms with van der Waals surface area (Å²) in [7, 11) is 0.